The highest BCUT2D eigenvalue weighted by Gasteiger charge is 2.32. The number of amides is 1. The summed E-state index contributed by atoms with van der Waals surface area (Å²) in [6, 6.07) is 13.1. The summed E-state index contributed by atoms with van der Waals surface area (Å²) in [5.41, 5.74) is 0.872. The SMILES string of the molecule is CCOc1ccc(NC(=O)c2cccc(S(=O)(=O)N3C[C@H](C)O[C@@H](C)C3)c2)cc1. The van der Waals surface area contributed by atoms with Crippen LogP contribution in [0.5, 0.6) is 5.75 Å². The Kier molecular flexibility index (Phi) is 6.56. The minimum absolute atomic E-state index is 0.0955. The van der Waals surface area contributed by atoms with Crippen molar-refractivity contribution in [2.45, 2.75) is 37.9 Å². The summed E-state index contributed by atoms with van der Waals surface area (Å²) < 4.78 is 38.5. The highest BCUT2D eigenvalue weighted by atomic mass is 32.2. The lowest BCUT2D eigenvalue weighted by Crippen LogP contribution is -2.48. The Bertz CT molecular complexity index is 949. The Labute approximate surface area is 171 Å². The Morgan fingerprint density at radius 3 is 2.41 bits per heavy atom. The molecule has 0 saturated carbocycles. The van der Waals surface area contributed by atoms with E-state index >= 15 is 0 Å². The van der Waals surface area contributed by atoms with Crippen LogP contribution in [-0.4, -0.2) is 50.5 Å². The highest BCUT2D eigenvalue weighted by molar-refractivity contribution is 7.89. The van der Waals surface area contributed by atoms with E-state index in [2.05, 4.69) is 5.32 Å². The number of sulfonamides is 1. The summed E-state index contributed by atoms with van der Waals surface area (Å²) in [6.07, 6.45) is -0.362. The number of ether oxygens (including phenoxy) is 2. The molecule has 8 heteroatoms. The lowest BCUT2D eigenvalue weighted by Gasteiger charge is -2.34. The molecule has 0 aromatic heterocycles. The molecule has 2 aromatic carbocycles. The molecule has 1 N–H and O–H groups in total. The standard InChI is InChI=1S/C21H26N2O5S/c1-4-27-19-10-8-18(9-11-19)22-21(24)17-6-5-7-20(12-17)29(25,26)23-13-15(2)28-16(3)14-23/h5-12,15-16H,4,13-14H2,1-3H3,(H,22,24)/t15-,16-/m0/s1. The van der Waals surface area contributed by atoms with E-state index < -0.39 is 10.0 Å². The van der Waals surface area contributed by atoms with Gasteiger partial charge in [0.2, 0.25) is 10.0 Å². The fourth-order valence-electron chi connectivity index (χ4n) is 3.28. The second-order valence-corrected chi connectivity index (χ2v) is 8.96. The van der Waals surface area contributed by atoms with Crippen LogP contribution < -0.4 is 10.1 Å². The van der Waals surface area contributed by atoms with E-state index in [9.17, 15) is 13.2 Å². The molecule has 1 amide bonds. The number of nitrogens with zero attached hydrogens (tertiary/aromatic N) is 1. The number of morpholine rings is 1. The molecule has 1 heterocycles. The third-order valence-electron chi connectivity index (χ3n) is 4.54. The number of hydrogen-bond acceptors (Lipinski definition) is 5. The quantitative estimate of drug-likeness (QED) is 0.779. The lowest BCUT2D eigenvalue weighted by atomic mass is 10.2. The van der Waals surface area contributed by atoms with Gasteiger partial charge in [-0.2, -0.15) is 4.31 Å². The van der Waals surface area contributed by atoms with Gasteiger partial charge >= 0.3 is 0 Å². The van der Waals surface area contributed by atoms with Crippen LogP contribution in [0.2, 0.25) is 0 Å². The van der Waals surface area contributed by atoms with E-state index in [4.69, 9.17) is 9.47 Å². The average molecular weight is 419 g/mol. The molecule has 156 valence electrons. The van der Waals surface area contributed by atoms with Gasteiger partial charge in [-0.3, -0.25) is 4.79 Å². The van der Waals surface area contributed by atoms with E-state index in [1.807, 2.05) is 20.8 Å². The smallest absolute Gasteiger partial charge is 0.255 e. The molecular formula is C21H26N2O5S. The third kappa shape index (κ3) is 5.14. The van der Waals surface area contributed by atoms with Gasteiger partial charge in [0.1, 0.15) is 5.75 Å². The van der Waals surface area contributed by atoms with Gasteiger partial charge in [0, 0.05) is 24.3 Å². The minimum Gasteiger partial charge on any atom is -0.494 e. The zero-order valence-electron chi connectivity index (χ0n) is 16.8. The fraction of sp³-hybridized carbons (Fsp3) is 0.381. The molecular weight excluding hydrogens is 392 g/mol. The molecule has 0 bridgehead atoms. The van der Waals surface area contributed by atoms with E-state index in [0.717, 1.165) is 0 Å². The number of carbonyl (C=O) groups excluding carboxylic acids is 1. The normalized spacial score (nSPS) is 20.2. The van der Waals surface area contributed by atoms with Gasteiger partial charge in [-0.05, 0) is 63.2 Å². The van der Waals surface area contributed by atoms with Crippen molar-refractivity contribution in [1.29, 1.82) is 0 Å². The zero-order valence-corrected chi connectivity index (χ0v) is 17.6. The van der Waals surface area contributed by atoms with Gasteiger partial charge in [0.05, 0.1) is 23.7 Å². The molecule has 1 aliphatic heterocycles. The van der Waals surface area contributed by atoms with Gasteiger partial charge < -0.3 is 14.8 Å². The number of carbonyl (C=O) groups is 1. The van der Waals surface area contributed by atoms with Crippen molar-refractivity contribution >= 4 is 21.6 Å². The van der Waals surface area contributed by atoms with Crippen LogP contribution in [0, 0.1) is 0 Å². The highest BCUT2D eigenvalue weighted by Crippen LogP contribution is 2.23. The molecule has 1 aliphatic rings. The molecule has 0 spiro atoms. The first-order valence-corrected chi connectivity index (χ1v) is 11.0. The van der Waals surface area contributed by atoms with Crippen LogP contribution in [0.1, 0.15) is 31.1 Å². The molecule has 1 fully saturated rings. The molecule has 3 rings (SSSR count). The summed E-state index contributed by atoms with van der Waals surface area (Å²) in [4.78, 5) is 12.7. The third-order valence-corrected chi connectivity index (χ3v) is 6.37. The predicted molar refractivity (Wildman–Crippen MR) is 111 cm³/mol. The van der Waals surface area contributed by atoms with Gasteiger partial charge in [0.25, 0.3) is 5.91 Å². The number of nitrogens with one attached hydrogen (secondary N) is 1. The molecule has 7 nitrogen and oxygen atoms in total. The van der Waals surface area contributed by atoms with Crippen molar-refractivity contribution in [3.8, 4) is 5.75 Å². The second kappa shape index (κ2) is 8.94. The maximum Gasteiger partial charge on any atom is 0.255 e. The zero-order chi connectivity index (χ0) is 21.0. The first-order chi connectivity index (χ1) is 13.8. The Balaban J connectivity index is 1.77. The molecule has 2 aromatic rings. The van der Waals surface area contributed by atoms with E-state index in [1.165, 1.54) is 16.4 Å². The van der Waals surface area contributed by atoms with E-state index in [-0.39, 0.29) is 41.7 Å². The van der Waals surface area contributed by atoms with Crippen LogP contribution >= 0.6 is 0 Å². The van der Waals surface area contributed by atoms with Crippen molar-refractivity contribution in [3.05, 3.63) is 54.1 Å². The number of rotatable bonds is 6. The van der Waals surface area contributed by atoms with E-state index in [1.54, 1.807) is 36.4 Å². The van der Waals surface area contributed by atoms with Gasteiger partial charge in [-0.25, -0.2) is 8.42 Å². The summed E-state index contributed by atoms with van der Waals surface area (Å²) in [5.74, 6) is 0.336. The second-order valence-electron chi connectivity index (χ2n) is 7.02. The fourth-order valence-corrected chi connectivity index (χ4v) is 4.92. The summed E-state index contributed by atoms with van der Waals surface area (Å²) in [7, 11) is -3.71. The molecule has 0 aliphatic carbocycles. The van der Waals surface area contributed by atoms with Gasteiger partial charge in [-0.15, -0.1) is 0 Å². The van der Waals surface area contributed by atoms with Crippen LogP contribution in [-0.2, 0) is 14.8 Å². The van der Waals surface area contributed by atoms with Crippen molar-refractivity contribution in [1.82, 2.24) is 4.31 Å². The van der Waals surface area contributed by atoms with Gasteiger partial charge in [0.15, 0.2) is 0 Å². The number of benzene rings is 2. The summed E-state index contributed by atoms with van der Waals surface area (Å²) in [6.45, 7) is 6.73. The first-order valence-electron chi connectivity index (χ1n) is 9.59. The monoisotopic (exact) mass is 418 g/mol. The average Bonchev–Trinajstić information content (AvgIpc) is 2.69. The first kappa shape index (κ1) is 21.3. The largest absolute Gasteiger partial charge is 0.494 e. The number of anilines is 1. The Hall–Kier alpha value is -2.42. The van der Waals surface area contributed by atoms with E-state index in [0.29, 0.717) is 18.0 Å². The van der Waals surface area contributed by atoms with Crippen molar-refractivity contribution < 1.29 is 22.7 Å². The molecule has 1 saturated heterocycles. The van der Waals surface area contributed by atoms with Crippen LogP contribution in [0.25, 0.3) is 0 Å². The van der Waals surface area contributed by atoms with Crippen LogP contribution in [0.15, 0.2) is 53.4 Å². The van der Waals surface area contributed by atoms with Crippen LogP contribution in [0.4, 0.5) is 5.69 Å². The summed E-state index contributed by atoms with van der Waals surface area (Å²) in [5, 5.41) is 2.78. The maximum atomic E-state index is 13.0. The predicted octanol–water partition coefficient (Wildman–Crippen LogP) is 3.14. The molecule has 29 heavy (non-hydrogen) atoms. The van der Waals surface area contributed by atoms with Crippen molar-refractivity contribution in [2.24, 2.45) is 0 Å². The topological polar surface area (TPSA) is 84.9 Å². The number of hydrogen-bond donors (Lipinski definition) is 1. The summed E-state index contributed by atoms with van der Waals surface area (Å²) >= 11 is 0. The van der Waals surface area contributed by atoms with Crippen molar-refractivity contribution in [2.75, 3.05) is 25.0 Å². The molecule has 0 unspecified atom stereocenters. The van der Waals surface area contributed by atoms with Crippen LogP contribution in [0.3, 0.4) is 0 Å². The maximum absolute atomic E-state index is 13.0. The Morgan fingerprint density at radius 2 is 1.79 bits per heavy atom. The molecule has 0 radical (unpaired) electrons. The van der Waals surface area contributed by atoms with Crippen molar-refractivity contribution in [3.63, 3.8) is 0 Å². The Morgan fingerprint density at radius 1 is 1.14 bits per heavy atom. The molecule has 2 atom stereocenters. The van der Waals surface area contributed by atoms with Gasteiger partial charge in [-0.1, -0.05) is 6.07 Å². The lowest BCUT2D eigenvalue weighted by molar-refractivity contribution is -0.0440. The minimum atomic E-state index is -3.71.